The first kappa shape index (κ1) is 14.0. The van der Waals surface area contributed by atoms with Gasteiger partial charge in [0.1, 0.15) is 11.6 Å². The van der Waals surface area contributed by atoms with Crippen LogP contribution in [0.25, 0.3) is 0 Å². The van der Waals surface area contributed by atoms with Gasteiger partial charge in [-0.15, -0.1) is 0 Å². The third-order valence-electron chi connectivity index (χ3n) is 2.64. The van der Waals surface area contributed by atoms with Crippen molar-refractivity contribution in [1.29, 1.82) is 0 Å². The average molecular weight is 245 g/mol. The Balaban J connectivity index is 2.90. The summed E-state index contributed by atoms with van der Waals surface area (Å²) in [5.74, 6) is -1.32. The molecule has 0 aliphatic rings. The second kappa shape index (κ2) is 6.05. The maximum atomic E-state index is 13.1. The minimum Gasteiger partial charge on any atom is -0.394 e. The van der Waals surface area contributed by atoms with E-state index in [9.17, 15) is 13.9 Å². The van der Waals surface area contributed by atoms with E-state index >= 15 is 0 Å². The summed E-state index contributed by atoms with van der Waals surface area (Å²) >= 11 is 0. The first-order chi connectivity index (χ1) is 8.01. The normalized spacial score (nSPS) is 14.6. The Bertz CT molecular complexity index is 353. The van der Waals surface area contributed by atoms with Crippen molar-refractivity contribution in [2.75, 3.05) is 26.9 Å². The van der Waals surface area contributed by atoms with Gasteiger partial charge in [-0.3, -0.25) is 0 Å². The zero-order valence-corrected chi connectivity index (χ0v) is 9.96. The summed E-state index contributed by atoms with van der Waals surface area (Å²) < 4.78 is 31.1. The van der Waals surface area contributed by atoms with Gasteiger partial charge >= 0.3 is 0 Å². The third kappa shape index (κ3) is 3.73. The van der Waals surface area contributed by atoms with Gasteiger partial charge in [0.2, 0.25) is 0 Å². The number of hydrogen-bond acceptors (Lipinski definition) is 3. The van der Waals surface area contributed by atoms with Crippen LogP contribution in [0, 0.1) is 11.6 Å². The molecule has 0 bridgehead atoms. The van der Waals surface area contributed by atoms with Crippen molar-refractivity contribution in [3.63, 3.8) is 0 Å². The molecule has 17 heavy (non-hydrogen) atoms. The molecule has 1 atom stereocenters. The monoisotopic (exact) mass is 245 g/mol. The standard InChI is InChI=1S/C12H17F2NO2/c1-12(8-16,15-3-4-17-2)9-5-10(13)7-11(14)6-9/h5-7,15-16H,3-4,8H2,1-2H3. The van der Waals surface area contributed by atoms with Gasteiger partial charge in [-0.2, -0.15) is 0 Å². The van der Waals surface area contributed by atoms with E-state index in [1.807, 2.05) is 0 Å². The van der Waals surface area contributed by atoms with Crippen LogP contribution in [0.3, 0.4) is 0 Å². The highest BCUT2D eigenvalue weighted by molar-refractivity contribution is 5.25. The number of aliphatic hydroxyl groups is 1. The van der Waals surface area contributed by atoms with Crippen LogP contribution in [0.5, 0.6) is 0 Å². The highest BCUT2D eigenvalue weighted by atomic mass is 19.1. The first-order valence-corrected chi connectivity index (χ1v) is 5.33. The van der Waals surface area contributed by atoms with Gasteiger partial charge in [0.15, 0.2) is 0 Å². The summed E-state index contributed by atoms with van der Waals surface area (Å²) in [5, 5.41) is 12.4. The van der Waals surface area contributed by atoms with E-state index in [1.165, 1.54) is 12.1 Å². The van der Waals surface area contributed by atoms with Crippen molar-refractivity contribution >= 4 is 0 Å². The number of rotatable bonds is 6. The fourth-order valence-electron chi connectivity index (χ4n) is 1.55. The molecule has 0 saturated carbocycles. The predicted octanol–water partition coefficient (Wildman–Crippen LogP) is 1.41. The Labute approximate surface area is 99.4 Å². The molecule has 1 unspecified atom stereocenters. The quantitative estimate of drug-likeness (QED) is 0.745. The topological polar surface area (TPSA) is 41.5 Å². The fourth-order valence-corrected chi connectivity index (χ4v) is 1.55. The minimum absolute atomic E-state index is 0.264. The molecule has 1 rings (SSSR count). The molecule has 0 aliphatic heterocycles. The first-order valence-electron chi connectivity index (χ1n) is 5.33. The molecule has 0 radical (unpaired) electrons. The number of methoxy groups -OCH3 is 1. The summed E-state index contributed by atoms with van der Waals surface area (Å²) in [4.78, 5) is 0. The van der Waals surface area contributed by atoms with Crippen LogP contribution in [0.2, 0.25) is 0 Å². The third-order valence-corrected chi connectivity index (χ3v) is 2.64. The van der Waals surface area contributed by atoms with E-state index in [1.54, 1.807) is 14.0 Å². The zero-order valence-electron chi connectivity index (χ0n) is 9.96. The largest absolute Gasteiger partial charge is 0.394 e. The molecule has 0 spiro atoms. The van der Waals surface area contributed by atoms with E-state index in [2.05, 4.69) is 5.32 Å². The molecular formula is C12H17F2NO2. The molecule has 2 N–H and O–H groups in total. The van der Waals surface area contributed by atoms with Crippen molar-refractivity contribution in [1.82, 2.24) is 5.32 Å². The average Bonchev–Trinajstić information content (AvgIpc) is 2.28. The van der Waals surface area contributed by atoms with Gasteiger partial charge < -0.3 is 15.2 Å². The van der Waals surface area contributed by atoms with Crippen molar-refractivity contribution in [3.05, 3.63) is 35.4 Å². The van der Waals surface area contributed by atoms with E-state index in [0.717, 1.165) is 6.07 Å². The SMILES string of the molecule is COCCNC(C)(CO)c1cc(F)cc(F)c1. The molecule has 0 amide bonds. The van der Waals surface area contributed by atoms with Crippen LogP contribution in [0.1, 0.15) is 12.5 Å². The second-order valence-corrected chi connectivity index (χ2v) is 4.07. The molecule has 1 aromatic rings. The van der Waals surface area contributed by atoms with Gasteiger partial charge in [0.25, 0.3) is 0 Å². The van der Waals surface area contributed by atoms with Crippen molar-refractivity contribution in [2.45, 2.75) is 12.5 Å². The maximum absolute atomic E-state index is 13.1. The molecule has 3 nitrogen and oxygen atoms in total. The lowest BCUT2D eigenvalue weighted by atomic mass is 9.92. The highest BCUT2D eigenvalue weighted by Crippen LogP contribution is 2.22. The highest BCUT2D eigenvalue weighted by Gasteiger charge is 2.26. The number of halogens is 2. The molecule has 0 heterocycles. The summed E-state index contributed by atoms with van der Waals surface area (Å²) in [6, 6.07) is 3.22. The predicted molar refractivity (Wildman–Crippen MR) is 60.7 cm³/mol. The number of aliphatic hydroxyl groups excluding tert-OH is 1. The van der Waals surface area contributed by atoms with Gasteiger partial charge in [-0.05, 0) is 24.6 Å². The molecule has 1 aromatic carbocycles. The number of ether oxygens (including phenoxy) is 1. The summed E-state index contributed by atoms with van der Waals surface area (Å²) in [7, 11) is 1.56. The van der Waals surface area contributed by atoms with Crippen LogP contribution >= 0.6 is 0 Å². The molecule has 96 valence electrons. The van der Waals surface area contributed by atoms with Crippen LogP contribution in [-0.2, 0) is 10.3 Å². The maximum Gasteiger partial charge on any atom is 0.126 e. The smallest absolute Gasteiger partial charge is 0.126 e. The van der Waals surface area contributed by atoms with E-state index in [0.29, 0.717) is 18.7 Å². The van der Waals surface area contributed by atoms with Gasteiger partial charge in [-0.25, -0.2) is 8.78 Å². The van der Waals surface area contributed by atoms with E-state index < -0.39 is 17.2 Å². The van der Waals surface area contributed by atoms with Gasteiger partial charge in [0.05, 0.1) is 18.8 Å². The van der Waals surface area contributed by atoms with Crippen molar-refractivity contribution in [2.24, 2.45) is 0 Å². The zero-order chi connectivity index (χ0) is 12.9. The van der Waals surface area contributed by atoms with Crippen LogP contribution in [0.15, 0.2) is 18.2 Å². The van der Waals surface area contributed by atoms with Crippen LogP contribution in [-0.4, -0.2) is 32.0 Å². The Morgan fingerprint density at radius 2 is 1.88 bits per heavy atom. The number of nitrogens with one attached hydrogen (secondary N) is 1. The van der Waals surface area contributed by atoms with E-state index in [4.69, 9.17) is 4.74 Å². The molecule has 0 aliphatic carbocycles. The molecular weight excluding hydrogens is 228 g/mol. The van der Waals surface area contributed by atoms with Crippen LogP contribution < -0.4 is 5.32 Å². The van der Waals surface area contributed by atoms with E-state index in [-0.39, 0.29) is 6.61 Å². The summed E-state index contributed by atoms with van der Waals surface area (Å²) in [6.45, 7) is 2.34. The summed E-state index contributed by atoms with van der Waals surface area (Å²) in [6.07, 6.45) is 0. The fraction of sp³-hybridized carbons (Fsp3) is 0.500. The lowest BCUT2D eigenvalue weighted by Crippen LogP contribution is -2.44. The van der Waals surface area contributed by atoms with Gasteiger partial charge in [0, 0.05) is 19.7 Å². The summed E-state index contributed by atoms with van der Waals surface area (Å²) in [5.41, 5.74) is -0.518. The minimum atomic E-state index is -0.887. The Morgan fingerprint density at radius 3 is 2.35 bits per heavy atom. The van der Waals surface area contributed by atoms with Gasteiger partial charge in [-0.1, -0.05) is 0 Å². The molecule has 5 heteroatoms. The van der Waals surface area contributed by atoms with Crippen LogP contribution in [0.4, 0.5) is 8.78 Å². The Morgan fingerprint density at radius 1 is 1.29 bits per heavy atom. The molecule has 0 aromatic heterocycles. The lowest BCUT2D eigenvalue weighted by molar-refractivity contribution is 0.147. The number of benzene rings is 1. The Hall–Kier alpha value is -1.04. The molecule has 0 fully saturated rings. The second-order valence-electron chi connectivity index (χ2n) is 4.07. The Kier molecular flexibility index (Phi) is 4.99. The lowest BCUT2D eigenvalue weighted by Gasteiger charge is -2.29. The molecule has 0 saturated heterocycles. The van der Waals surface area contributed by atoms with Crippen molar-refractivity contribution in [3.8, 4) is 0 Å². The number of hydrogen-bond donors (Lipinski definition) is 2. The van der Waals surface area contributed by atoms with Crippen molar-refractivity contribution < 1.29 is 18.6 Å².